The number of fused-ring (bicyclic) bond motifs is 1. The molecule has 1 aromatic heterocycles. The van der Waals surface area contributed by atoms with Crippen molar-refractivity contribution in [1.82, 2.24) is 0 Å². The summed E-state index contributed by atoms with van der Waals surface area (Å²) in [7, 11) is 0. The molecule has 19 heteroatoms. The van der Waals surface area contributed by atoms with E-state index in [0.29, 0.717) is 0 Å². The molecule has 3 fully saturated rings. The molecule has 3 aromatic rings. The Kier molecular flexibility index (Phi) is 11.0. The molecule has 0 spiro atoms. The molecule has 0 bridgehead atoms. The number of ether oxygens (including phenoxy) is 6. The maximum Gasteiger partial charge on any atom is 0.229 e. The van der Waals surface area contributed by atoms with E-state index < -0.39 is 110 Å². The molecule has 4 heterocycles. The van der Waals surface area contributed by atoms with Crippen LogP contribution in [0.2, 0.25) is 0 Å². The van der Waals surface area contributed by atoms with E-state index in [4.69, 9.17) is 32.8 Å². The summed E-state index contributed by atoms with van der Waals surface area (Å²) in [5, 5.41) is 115. The topological polar surface area (TPSA) is 308 Å². The number of benzene rings is 2. The van der Waals surface area contributed by atoms with Gasteiger partial charge in [-0.15, -0.1) is 0 Å². The molecular formula is C33H40O19. The highest BCUT2D eigenvalue weighted by molar-refractivity contribution is 5.86. The minimum atomic E-state index is -1.89. The predicted octanol–water partition coefficient (Wildman–Crippen LogP) is -2.54. The molecule has 0 aliphatic carbocycles. The van der Waals surface area contributed by atoms with Crippen LogP contribution in [0.3, 0.4) is 0 Å². The molecule has 3 aliphatic rings. The summed E-state index contributed by atoms with van der Waals surface area (Å²) in [6, 6.07) is 6.70. The van der Waals surface area contributed by atoms with Gasteiger partial charge in [-0.1, -0.05) is 0 Å². The lowest BCUT2D eigenvalue weighted by Crippen LogP contribution is -2.64. The molecule has 6 rings (SSSR count). The molecule has 3 aliphatic heterocycles. The number of phenolic OH excluding ortho intramolecular Hbond substituents is 3. The Morgan fingerprint density at radius 3 is 2.04 bits per heavy atom. The summed E-state index contributed by atoms with van der Waals surface area (Å²) in [5.74, 6) is -1.62. The van der Waals surface area contributed by atoms with Crippen molar-refractivity contribution in [3.8, 4) is 34.3 Å². The normalized spacial score (nSPS) is 38.3. The molecule has 286 valence electrons. The highest BCUT2D eigenvalue weighted by Crippen LogP contribution is 2.38. The second-order valence-corrected chi connectivity index (χ2v) is 12.9. The Morgan fingerprint density at radius 1 is 0.654 bits per heavy atom. The average Bonchev–Trinajstić information content (AvgIpc) is 3.09. The monoisotopic (exact) mass is 740 g/mol. The van der Waals surface area contributed by atoms with Gasteiger partial charge in [0.15, 0.2) is 18.0 Å². The molecule has 3 saturated heterocycles. The third-order valence-electron chi connectivity index (χ3n) is 9.24. The number of aromatic hydroxyl groups is 3. The SMILES string of the molecule is C[C@@H]1O[C@H](OC[C@@H]2O[C@@H](Oc3cc(O)ccc3-c3cc(=O)c4c(O)cc(O)cc4o3)[C@@H](O)[C@@H](O)[C@H]2O)[C@H](O)[C@H](O[C@@H]2O[C@H](C)[C@H](O)[C@H](O)[C@H]2O)[C@H]1O. The fourth-order valence-corrected chi connectivity index (χ4v) is 6.24. The van der Waals surface area contributed by atoms with Crippen molar-refractivity contribution in [2.45, 2.75) is 106 Å². The number of rotatable bonds is 8. The molecular weight excluding hydrogens is 700 g/mol. The number of hydrogen-bond acceptors (Lipinski definition) is 19. The first-order valence-electron chi connectivity index (χ1n) is 16.2. The van der Waals surface area contributed by atoms with E-state index in [-0.39, 0.29) is 39.5 Å². The maximum atomic E-state index is 12.9. The Balaban J connectivity index is 1.18. The van der Waals surface area contributed by atoms with Gasteiger partial charge in [0, 0.05) is 24.3 Å². The standard InChI is InChI=1S/C33H40O19/c1-10-22(38)25(41)27(43)32(48-10)52-30-23(39)11(2)47-31(29(30)45)46-9-20-24(40)26(42)28(44)33(51-20)50-17-6-12(34)3-4-14(17)18-8-16(37)21-15(36)5-13(35)7-19(21)49-18/h3-8,10-11,20,22-36,38-45H,9H2,1-2H3/t10-,11+,20+,22+,23+,24+,25+,26+,27-,28+,29-,30-,31+,32+,33-/m1/s1. The van der Waals surface area contributed by atoms with Crippen molar-refractivity contribution in [1.29, 1.82) is 0 Å². The van der Waals surface area contributed by atoms with Crippen LogP contribution in [0.25, 0.3) is 22.3 Å². The van der Waals surface area contributed by atoms with E-state index in [1.807, 2.05) is 0 Å². The van der Waals surface area contributed by atoms with Crippen molar-refractivity contribution in [3.63, 3.8) is 0 Å². The molecule has 15 atom stereocenters. The first-order valence-corrected chi connectivity index (χ1v) is 16.2. The van der Waals surface area contributed by atoms with Crippen molar-refractivity contribution >= 4 is 11.0 Å². The van der Waals surface area contributed by atoms with Gasteiger partial charge in [0.2, 0.25) is 6.29 Å². The van der Waals surface area contributed by atoms with E-state index >= 15 is 0 Å². The zero-order chi connectivity index (χ0) is 37.8. The van der Waals surface area contributed by atoms with Gasteiger partial charge in [0.1, 0.15) is 101 Å². The van der Waals surface area contributed by atoms with Gasteiger partial charge >= 0.3 is 0 Å². The Labute approximate surface area is 293 Å². The molecule has 0 amide bonds. The number of aliphatic hydroxyl groups is 8. The zero-order valence-corrected chi connectivity index (χ0v) is 27.5. The van der Waals surface area contributed by atoms with Crippen LogP contribution < -0.4 is 10.2 Å². The van der Waals surface area contributed by atoms with E-state index in [1.165, 1.54) is 26.0 Å². The second kappa shape index (κ2) is 15.0. The minimum Gasteiger partial charge on any atom is -0.508 e. The van der Waals surface area contributed by atoms with E-state index in [9.17, 15) is 61.0 Å². The zero-order valence-electron chi connectivity index (χ0n) is 27.5. The van der Waals surface area contributed by atoms with E-state index in [2.05, 4.69) is 0 Å². The number of phenols is 3. The van der Waals surface area contributed by atoms with Crippen LogP contribution in [0.1, 0.15) is 13.8 Å². The quantitative estimate of drug-likeness (QED) is 0.113. The molecule has 52 heavy (non-hydrogen) atoms. The molecule has 11 N–H and O–H groups in total. The highest BCUT2D eigenvalue weighted by atomic mass is 16.7. The Hall–Kier alpha value is -3.67. The molecule has 0 radical (unpaired) electrons. The van der Waals surface area contributed by atoms with E-state index in [1.54, 1.807) is 0 Å². The van der Waals surface area contributed by atoms with Crippen LogP contribution >= 0.6 is 0 Å². The third kappa shape index (κ3) is 7.28. The van der Waals surface area contributed by atoms with Crippen molar-refractivity contribution in [2.24, 2.45) is 0 Å². The lowest BCUT2D eigenvalue weighted by atomic mass is 9.97. The minimum absolute atomic E-state index is 0.0321. The molecule has 0 unspecified atom stereocenters. The summed E-state index contributed by atoms with van der Waals surface area (Å²) < 4.78 is 39.6. The summed E-state index contributed by atoms with van der Waals surface area (Å²) in [6.45, 7) is 2.22. The van der Waals surface area contributed by atoms with Crippen LogP contribution in [-0.4, -0.2) is 155 Å². The molecule has 2 aromatic carbocycles. The van der Waals surface area contributed by atoms with Crippen molar-refractivity contribution in [2.75, 3.05) is 6.61 Å². The van der Waals surface area contributed by atoms with Gasteiger partial charge in [0.05, 0.1) is 24.4 Å². The number of aliphatic hydroxyl groups excluding tert-OH is 8. The Bertz CT molecular complexity index is 1780. The maximum absolute atomic E-state index is 12.9. The third-order valence-corrected chi connectivity index (χ3v) is 9.24. The second-order valence-electron chi connectivity index (χ2n) is 12.9. The lowest BCUT2D eigenvalue weighted by Gasteiger charge is -2.46. The summed E-state index contributed by atoms with van der Waals surface area (Å²) in [6.07, 6.45) is -23.5. The molecule has 0 saturated carbocycles. The van der Waals surface area contributed by atoms with Crippen LogP contribution in [0, 0.1) is 0 Å². The fourth-order valence-electron chi connectivity index (χ4n) is 6.24. The van der Waals surface area contributed by atoms with Gasteiger partial charge in [-0.05, 0) is 26.0 Å². The fraction of sp³-hybridized carbons (Fsp3) is 0.545. The van der Waals surface area contributed by atoms with Crippen molar-refractivity contribution in [3.05, 3.63) is 46.6 Å². The largest absolute Gasteiger partial charge is 0.508 e. The van der Waals surface area contributed by atoms with Crippen LogP contribution in [0.4, 0.5) is 0 Å². The lowest BCUT2D eigenvalue weighted by molar-refractivity contribution is -0.358. The van der Waals surface area contributed by atoms with Gasteiger partial charge in [-0.3, -0.25) is 4.79 Å². The summed E-state index contributed by atoms with van der Waals surface area (Å²) in [5.41, 5.74) is -0.837. The highest BCUT2D eigenvalue weighted by Gasteiger charge is 2.51. The van der Waals surface area contributed by atoms with Crippen LogP contribution in [-0.2, 0) is 23.7 Å². The Morgan fingerprint density at radius 2 is 1.31 bits per heavy atom. The van der Waals surface area contributed by atoms with Crippen LogP contribution in [0.5, 0.6) is 23.0 Å². The van der Waals surface area contributed by atoms with Crippen LogP contribution in [0.15, 0.2) is 45.6 Å². The van der Waals surface area contributed by atoms with Crippen molar-refractivity contribution < 1.29 is 89.0 Å². The predicted molar refractivity (Wildman–Crippen MR) is 170 cm³/mol. The van der Waals surface area contributed by atoms with Gasteiger partial charge < -0.3 is 89.0 Å². The first kappa shape index (κ1) is 38.1. The average molecular weight is 741 g/mol. The smallest absolute Gasteiger partial charge is 0.229 e. The number of hydrogen-bond donors (Lipinski definition) is 11. The van der Waals surface area contributed by atoms with Gasteiger partial charge in [-0.25, -0.2) is 0 Å². The van der Waals surface area contributed by atoms with E-state index in [0.717, 1.165) is 24.3 Å². The molecule has 19 nitrogen and oxygen atoms in total. The summed E-state index contributed by atoms with van der Waals surface area (Å²) >= 11 is 0. The first-order chi connectivity index (χ1) is 24.5. The van der Waals surface area contributed by atoms with Gasteiger partial charge in [0.25, 0.3) is 0 Å². The van der Waals surface area contributed by atoms with Gasteiger partial charge in [-0.2, -0.15) is 0 Å². The summed E-state index contributed by atoms with van der Waals surface area (Å²) in [4.78, 5) is 12.9.